The molecule has 3 rings (SSSR count). The molecule has 0 spiro atoms. The summed E-state index contributed by atoms with van der Waals surface area (Å²) in [6, 6.07) is 1.79. The average Bonchev–Trinajstić information content (AvgIpc) is 3.43. The number of aliphatic hydroxyl groups is 1. The molecule has 38 heavy (non-hydrogen) atoms. The lowest BCUT2D eigenvalue weighted by molar-refractivity contribution is -0.107. The average molecular weight is 557 g/mol. The zero-order chi connectivity index (χ0) is 29.5. The van der Waals surface area contributed by atoms with Crippen LogP contribution in [-0.4, -0.2) is 115 Å². The van der Waals surface area contributed by atoms with Gasteiger partial charge >= 0.3 is 0 Å². The van der Waals surface area contributed by atoms with Crippen LogP contribution in [0.1, 0.15) is 47.2 Å². The minimum absolute atomic E-state index is 0.287. The molecule has 0 radical (unpaired) electrons. The molecule has 0 bridgehead atoms. The van der Waals surface area contributed by atoms with Gasteiger partial charge in [0.15, 0.2) is 22.6 Å². The summed E-state index contributed by atoms with van der Waals surface area (Å²) in [6.45, 7) is 17.8. The van der Waals surface area contributed by atoms with Gasteiger partial charge in [-0.2, -0.15) is 5.10 Å². The summed E-state index contributed by atoms with van der Waals surface area (Å²) in [6.07, 6.45) is 3.07. The van der Waals surface area contributed by atoms with E-state index in [2.05, 4.69) is 49.3 Å². The largest absolute Gasteiger partial charge is 0.490 e. The van der Waals surface area contributed by atoms with Crippen LogP contribution in [0, 0.1) is 0 Å². The number of piperazine rings is 1. The lowest BCUT2D eigenvalue weighted by atomic mass is 10.3. The number of aromatic nitrogens is 4. The molecule has 0 unspecified atom stereocenters. The van der Waals surface area contributed by atoms with Crippen LogP contribution in [0.15, 0.2) is 11.2 Å². The van der Waals surface area contributed by atoms with E-state index in [1.165, 1.54) is 11.8 Å². The maximum absolute atomic E-state index is 10.7. The van der Waals surface area contributed by atoms with Crippen LogP contribution in [0.5, 0.6) is 5.75 Å². The fourth-order valence-electron chi connectivity index (χ4n) is 3.26. The Labute approximate surface area is 234 Å². The summed E-state index contributed by atoms with van der Waals surface area (Å²) in [5.41, 5.74) is 0.736. The molecule has 2 aromatic rings. The second-order valence-electron chi connectivity index (χ2n) is 7.32. The van der Waals surface area contributed by atoms with Crippen molar-refractivity contribution in [2.45, 2.75) is 53.1 Å². The Morgan fingerprint density at radius 2 is 1.71 bits per heavy atom. The molecule has 220 valence electrons. The number of ether oxygens (including phenoxy) is 1. The van der Waals surface area contributed by atoms with Crippen molar-refractivity contribution in [1.29, 1.82) is 0 Å². The molecule has 0 atom stereocenters. The highest BCUT2D eigenvalue weighted by atomic mass is 32.2. The number of hydrogen-bond acceptors (Lipinski definition) is 11. The predicted octanol–water partition coefficient (Wildman–Crippen LogP) is 3.79. The molecule has 0 aliphatic carbocycles. The number of anilines is 3. The van der Waals surface area contributed by atoms with E-state index >= 15 is 0 Å². The van der Waals surface area contributed by atoms with Crippen molar-refractivity contribution < 1.29 is 14.6 Å². The SMILES string of the molecule is CC.CC.CC.CO.COc1c(Nc2cc(CC=O)[nH]n2)nc(SC)nc1N1CCN(CCN(C)C)CC1. The molecular weight excluding hydrogens is 504 g/mol. The van der Waals surface area contributed by atoms with Gasteiger partial charge in [-0.3, -0.25) is 10.00 Å². The number of nitrogens with zero attached hydrogens (tertiary/aromatic N) is 6. The van der Waals surface area contributed by atoms with Crippen LogP contribution in [0.25, 0.3) is 0 Å². The second kappa shape index (κ2) is 23.7. The lowest BCUT2D eigenvalue weighted by Crippen LogP contribution is -2.48. The first-order valence-corrected chi connectivity index (χ1v) is 14.6. The Morgan fingerprint density at radius 1 is 1.11 bits per heavy atom. The van der Waals surface area contributed by atoms with Crippen molar-refractivity contribution in [2.24, 2.45) is 0 Å². The monoisotopic (exact) mass is 556 g/mol. The van der Waals surface area contributed by atoms with Crippen LogP contribution in [0.3, 0.4) is 0 Å². The summed E-state index contributed by atoms with van der Waals surface area (Å²) in [5.74, 6) is 2.52. The van der Waals surface area contributed by atoms with Crippen LogP contribution in [0.4, 0.5) is 17.5 Å². The van der Waals surface area contributed by atoms with Gasteiger partial charge in [-0.15, -0.1) is 0 Å². The first-order valence-electron chi connectivity index (χ1n) is 13.4. The fraction of sp³-hybridized carbons (Fsp3) is 0.692. The third-order valence-electron chi connectivity index (χ3n) is 4.93. The van der Waals surface area contributed by atoms with Gasteiger partial charge in [0.1, 0.15) is 6.29 Å². The molecular formula is C26H52N8O3S. The number of carbonyl (C=O) groups excluding carboxylic acids is 1. The Balaban J connectivity index is 0. The van der Waals surface area contributed by atoms with Gasteiger partial charge in [0.05, 0.1) is 7.11 Å². The molecule has 0 amide bonds. The van der Waals surface area contributed by atoms with E-state index in [-0.39, 0.29) is 6.42 Å². The molecule has 11 nitrogen and oxygen atoms in total. The third-order valence-corrected chi connectivity index (χ3v) is 5.48. The third kappa shape index (κ3) is 12.9. The number of likely N-dealkylation sites (N-methyl/N-ethyl adjacent to an activating group) is 1. The normalized spacial score (nSPS) is 12.4. The highest BCUT2D eigenvalue weighted by molar-refractivity contribution is 7.98. The maximum Gasteiger partial charge on any atom is 0.204 e. The maximum atomic E-state index is 10.7. The fourth-order valence-corrected chi connectivity index (χ4v) is 3.62. The van der Waals surface area contributed by atoms with Gasteiger partial charge in [-0.05, 0) is 20.4 Å². The van der Waals surface area contributed by atoms with Crippen LogP contribution >= 0.6 is 11.8 Å². The van der Waals surface area contributed by atoms with E-state index in [0.29, 0.717) is 22.5 Å². The Bertz CT molecular complexity index is 844. The van der Waals surface area contributed by atoms with Gasteiger partial charge in [0.25, 0.3) is 0 Å². The highest BCUT2D eigenvalue weighted by Crippen LogP contribution is 2.36. The molecule has 0 aromatic carbocycles. The Hall–Kier alpha value is -2.41. The summed E-state index contributed by atoms with van der Waals surface area (Å²) >= 11 is 1.48. The van der Waals surface area contributed by atoms with Crippen molar-refractivity contribution >= 4 is 35.5 Å². The number of H-pyrrole nitrogens is 1. The molecule has 12 heteroatoms. The minimum atomic E-state index is 0.287. The molecule has 2 aromatic heterocycles. The molecule has 1 aliphatic heterocycles. The van der Waals surface area contributed by atoms with Gasteiger partial charge in [-0.25, -0.2) is 9.97 Å². The number of aliphatic hydroxyl groups excluding tert-OH is 1. The quantitative estimate of drug-likeness (QED) is 0.225. The Morgan fingerprint density at radius 3 is 2.21 bits per heavy atom. The zero-order valence-corrected chi connectivity index (χ0v) is 26.3. The van der Waals surface area contributed by atoms with E-state index in [9.17, 15) is 4.79 Å². The van der Waals surface area contributed by atoms with E-state index in [1.807, 2.05) is 47.8 Å². The highest BCUT2D eigenvalue weighted by Gasteiger charge is 2.25. The molecule has 1 aliphatic rings. The van der Waals surface area contributed by atoms with Crippen molar-refractivity contribution in [1.82, 2.24) is 30.0 Å². The van der Waals surface area contributed by atoms with E-state index in [4.69, 9.17) is 14.8 Å². The summed E-state index contributed by atoms with van der Waals surface area (Å²) in [4.78, 5) is 27.0. The topological polar surface area (TPSA) is 123 Å². The van der Waals surface area contributed by atoms with E-state index in [0.717, 1.165) is 64.2 Å². The second-order valence-corrected chi connectivity index (χ2v) is 8.10. The number of hydrogen-bond donors (Lipinski definition) is 3. The number of aromatic amines is 1. The number of thioether (sulfide) groups is 1. The molecule has 0 saturated carbocycles. The van der Waals surface area contributed by atoms with Crippen LogP contribution < -0.4 is 15.0 Å². The minimum Gasteiger partial charge on any atom is -0.490 e. The lowest BCUT2D eigenvalue weighted by Gasteiger charge is -2.36. The van der Waals surface area contributed by atoms with Gasteiger partial charge in [0.2, 0.25) is 5.75 Å². The first kappa shape index (κ1) is 37.7. The van der Waals surface area contributed by atoms with Crippen molar-refractivity contribution in [3.05, 3.63) is 11.8 Å². The van der Waals surface area contributed by atoms with E-state index < -0.39 is 0 Å². The number of aldehydes is 1. The number of nitrogens with one attached hydrogen (secondary N) is 2. The standard InChI is InChI=1S/C19H30N8O2S.3C2H6.CH4O/c1-25(2)6-7-26-8-10-27(11-9-26)18-16(29-3)17(21-19(22-18)30-4)20-15-13-14(5-12-28)23-24-15;4*1-2/h12-13H,5-11H2,1-4H3,(H2,20,21,22,23,24);3*1-2H3;2H,1H3. The summed E-state index contributed by atoms with van der Waals surface area (Å²) < 4.78 is 5.71. The van der Waals surface area contributed by atoms with Crippen molar-refractivity contribution in [2.75, 3.05) is 84.1 Å². The summed E-state index contributed by atoms with van der Waals surface area (Å²) in [7, 11) is 6.82. The molecule has 3 heterocycles. The molecule has 1 saturated heterocycles. The smallest absolute Gasteiger partial charge is 0.204 e. The zero-order valence-electron chi connectivity index (χ0n) is 25.5. The van der Waals surface area contributed by atoms with Crippen molar-refractivity contribution in [3.63, 3.8) is 0 Å². The van der Waals surface area contributed by atoms with Crippen LogP contribution in [0.2, 0.25) is 0 Å². The van der Waals surface area contributed by atoms with Gasteiger partial charge < -0.3 is 29.8 Å². The van der Waals surface area contributed by atoms with E-state index in [1.54, 1.807) is 13.2 Å². The number of carbonyl (C=O) groups is 1. The number of methoxy groups -OCH3 is 1. The van der Waals surface area contributed by atoms with Crippen molar-refractivity contribution in [3.8, 4) is 5.75 Å². The van der Waals surface area contributed by atoms with Crippen LogP contribution in [-0.2, 0) is 11.2 Å². The Kier molecular flexibility index (Phi) is 23.5. The summed E-state index contributed by atoms with van der Waals surface area (Å²) in [5, 5.41) is 17.9. The molecule has 1 fully saturated rings. The van der Waals surface area contributed by atoms with Gasteiger partial charge in [0, 0.05) is 64.6 Å². The van der Waals surface area contributed by atoms with Gasteiger partial charge in [-0.1, -0.05) is 53.3 Å². The molecule has 3 N–H and O–H groups in total. The first-order chi connectivity index (χ1) is 18.5. The number of rotatable bonds is 10. The predicted molar refractivity (Wildman–Crippen MR) is 161 cm³/mol.